The number of benzene rings is 1. The number of halogens is 1. The summed E-state index contributed by atoms with van der Waals surface area (Å²) in [5, 5.41) is 2.66. The Morgan fingerprint density at radius 3 is 2.56 bits per heavy atom. The van der Waals surface area contributed by atoms with Gasteiger partial charge >= 0.3 is 0 Å². The van der Waals surface area contributed by atoms with E-state index in [9.17, 15) is 14.0 Å². The van der Waals surface area contributed by atoms with Crippen molar-refractivity contribution in [3.05, 3.63) is 30.1 Å². The number of amides is 2. The van der Waals surface area contributed by atoms with E-state index in [1.807, 2.05) is 11.8 Å². The molecule has 1 fully saturated rings. The van der Waals surface area contributed by atoms with Crippen LogP contribution in [-0.2, 0) is 9.59 Å². The van der Waals surface area contributed by atoms with Gasteiger partial charge in [0, 0.05) is 17.8 Å². The van der Waals surface area contributed by atoms with Crippen LogP contribution >= 0.6 is 0 Å². The number of carbonyl (C=O) groups excluding carboxylic acids is 2. The third-order valence-electron chi connectivity index (χ3n) is 4.97. The molecule has 0 spiro atoms. The molecule has 138 valence electrons. The Kier molecular flexibility index (Phi) is 6.53. The highest BCUT2D eigenvalue weighted by molar-refractivity contribution is 5.92. The maximum Gasteiger partial charge on any atom is 0.240 e. The third kappa shape index (κ3) is 5.01. The largest absolute Gasteiger partial charge is 0.336 e. The van der Waals surface area contributed by atoms with Crippen molar-refractivity contribution in [3.63, 3.8) is 0 Å². The molecule has 3 atom stereocenters. The Hall–Kier alpha value is -1.95. The predicted molar refractivity (Wildman–Crippen MR) is 96.7 cm³/mol. The zero-order valence-corrected chi connectivity index (χ0v) is 15.5. The van der Waals surface area contributed by atoms with E-state index in [2.05, 4.69) is 19.2 Å². The summed E-state index contributed by atoms with van der Waals surface area (Å²) in [6.45, 7) is 6.06. The molecule has 5 nitrogen and oxygen atoms in total. The molecule has 1 saturated heterocycles. The second-order valence-corrected chi connectivity index (χ2v) is 7.02. The minimum Gasteiger partial charge on any atom is -0.336 e. The fourth-order valence-corrected chi connectivity index (χ4v) is 3.39. The van der Waals surface area contributed by atoms with E-state index in [-0.39, 0.29) is 36.5 Å². The van der Waals surface area contributed by atoms with Gasteiger partial charge in [-0.1, -0.05) is 6.07 Å². The van der Waals surface area contributed by atoms with E-state index in [4.69, 9.17) is 0 Å². The summed E-state index contributed by atoms with van der Waals surface area (Å²) in [6, 6.07) is 5.84. The molecule has 0 saturated carbocycles. The van der Waals surface area contributed by atoms with Crippen LogP contribution in [0.1, 0.15) is 40.0 Å². The van der Waals surface area contributed by atoms with Crippen LogP contribution in [0.4, 0.5) is 10.1 Å². The molecule has 2 rings (SSSR count). The van der Waals surface area contributed by atoms with Crippen molar-refractivity contribution in [1.82, 2.24) is 9.80 Å². The fourth-order valence-electron chi connectivity index (χ4n) is 3.39. The Labute approximate surface area is 149 Å². The second-order valence-electron chi connectivity index (χ2n) is 7.02. The number of nitrogens with one attached hydrogen (secondary N) is 1. The molecule has 1 heterocycles. The quantitative estimate of drug-likeness (QED) is 0.889. The van der Waals surface area contributed by atoms with Crippen LogP contribution in [0.3, 0.4) is 0 Å². The maximum absolute atomic E-state index is 13.2. The third-order valence-corrected chi connectivity index (χ3v) is 4.97. The average Bonchev–Trinajstić information content (AvgIpc) is 2.53. The van der Waals surface area contributed by atoms with Gasteiger partial charge in [0.25, 0.3) is 0 Å². The standard InChI is InChI=1S/C19H28FN3O2/c1-13-7-5-8-14(2)23(13)19(25)15(3)22(4)12-18(24)21-17-10-6-9-16(20)11-17/h6,9-11,13-15H,5,7-8,12H2,1-4H3,(H,21,24)/t13-,14-,15-/m1/s1. The summed E-state index contributed by atoms with van der Waals surface area (Å²) in [5.74, 6) is -0.615. The summed E-state index contributed by atoms with van der Waals surface area (Å²) in [6.07, 6.45) is 3.19. The van der Waals surface area contributed by atoms with E-state index < -0.39 is 5.82 Å². The van der Waals surface area contributed by atoms with Crippen molar-refractivity contribution in [2.75, 3.05) is 18.9 Å². The van der Waals surface area contributed by atoms with Gasteiger partial charge in [-0.15, -0.1) is 0 Å². The SMILES string of the molecule is C[C@H](C(=O)N1[C@H](C)CCC[C@H]1C)N(C)CC(=O)Nc1cccc(F)c1. The van der Waals surface area contributed by atoms with Gasteiger partial charge in [-0.25, -0.2) is 4.39 Å². The Bertz CT molecular complexity index is 612. The number of piperidine rings is 1. The van der Waals surface area contributed by atoms with Gasteiger partial charge in [0.1, 0.15) is 5.82 Å². The first kappa shape index (κ1) is 19.4. The molecule has 1 N–H and O–H groups in total. The normalized spacial score (nSPS) is 21.9. The van der Waals surface area contributed by atoms with Crippen LogP contribution in [0.2, 0.25) is 0 Å². The monoisotopic (exact) mass is 349 g/mol. The van der Waals surface area contributed by atoms with Crippen LogP contribution in [-0.4, -0.2) is 53.3 Å². The number of anilines is 1. The van der Waals surface area contributed by atoms with Crippen molar-refractivity contribution >= 4 is 17.5 Å². The minimum atomic E-state index is -0.400. The lowest BCUT2D eigenvalue weighted by molar-refractivity contribution is -0.142. The maximum atomic E-state index is 13.2. The molecule has 0 radical (unpaired) electrons. The van der Waals surface area contributed by atoms with E-state index in [1.54, 1.807) is 24.1 Å². The van der Waals surface area contributed by atoms with E-state index in [0.29, 0.717) is 5.69 Å². The number of hydrogen-bond acceptors (Lipinski definition) is 3. The van der Waals surface area contributed by atoms with Crippen LogP contribution in [0, 0.1) is 5.82 Å². The predicted octanol–water partition coefficient (Wildman–Crippen LogP) is 2.87. The molecular formula is C19H28FN3O2. The number of nitrogens with zero attached hydrogens (tertiary/aromatic N) is 2. The van der Waals surface area contributed by atoms with Gasteiger partial charge in [-0.3, -0.25) is 14.5 Å². The average molecular weight is 349 g/mol. The number of likely N-dealkylation sites (tertiary alicyclic amines) is 1. The van der Waals surface area contributed by atoms with Crippen molar-refractivity contribution in [1.29, 1.82) is 0 Å². The van der Waals surface area contributed by atoms with Crippen molar-refractivity contribution in [2.45, 2.75) is 58.2 Å². The Morgan fingerprint density at radius 2 is 1.96 bits per heavy atom. The number of rotatable bonds is 5. The number of likely N-dealkylation sites (N-methyl/N-ethyl adjacent to an activating group) is 1. The molecule has 0 aromatic heterocycles. The van der Waals surface area contributed by atoms with Gasteiger partial charge in [-0.2, -0.15) is 0 Å². The summed E-state index contributed by atoms with van der Waals surface area (Å²) in [5.41, 5.74) is 0.413. The molecule has 0 bridgehead atoms. The molecule has 2 amide bonds. The zero-order valence-electron chi connectivity index (χ0n) is 15.5. The van der Waals surface area contributed by atoms with Crippen molar-refractivity contribution in [3.8, 4) is 0 Å². The first-order valence-electron chi connectivity index (χ1n) is 8.87. The fraction of sp³-hybridized carbons (Fsp3) is 0.579. The van der Waals surface area contributed by atoms with E-state index in [1.165, 1.54) is 12.1 Å². The Balaban J connectivity index is 1.93. The summed E-state index contributed by atoms with van der Waals surface area (Å²) in [4.78, 5) is 28.7. The number of carbonyl (C=O) groups is 2. The summed E-state index contributed by atoms with van der Waals surface area (Å²) in [7, 11) is 1.76. The van der Waals surface area contributed by atoms with Gasteiger partial charge in [0.15, 0.2) is 0 Å². The highest BCUT2D eigenvalue weighted by atomic mass is 19.1. The highest BCUT2D eigenvalue weighted by Crippen LogP contribution is 2.24. The van der Waals surface area contributed by atoms with Crippen LogP contribution in [0.5, 0.6) is 0 Å². The first-order valence-corrected chi connectivity index (χ1v) is 8.87. The highest BCUT2D eigenvalue weighted by Gasteiger charge is 2.33. The summed E-state index contributed by atoms with van der Waals surface area (Å²) < 4.78 is 13.2. The molecule has 1 aliphatic heterocycles. The molecule has 0 unspecified atom stereocenters. The zero-order chi connectivity index (χ0) is 18.6. The van der Waals surface area contributed by atoms with Gasteiger partial charge in [0.05, 0.1) is 12.6 Å². The lowest BCUT2D eigenvalue weighted by atomic mass is 9.96. The molecule has 0 aliphatic carbocycles. The molecule has 1 aromatic carbocycles. The van der Waals surface area contributed by atoms with Gasteiger partial charge in [-0.05, 0) is 65.3 Å². The molecular weight excluding hydrogens is 321 g/mol. The molecule has 1 aliphatic rings. The second kappa shape index (κ2) is 8.43. The molecule has 1 aromatic rings. The molecule has 6 heteroatoms. The Morgan fingerprint density at radius 1 is 1.32 bits per heavy atom. The summed E-state index contributed by atoms with van der Waals surface area (Å²) >= 11 is 0. The van der Waals surface area contributed by atoms with Gasteiger partial charge in [0.2, 0.25) is 11.8 Å². The van der Waals surface area contributed by atoms with E-state index >= 15 is 0 Å². The lowest BCUT2D eigenvalue weighted by Crippen LogP contribution is -2.54. The topological polar surface area (TPSA) is 52.7 Å². The molecule has 25 heavy (non-hydrogen) atoms. The van der Waals surface area contributed by atoms with Gasteiger partial charge < -0.3 is 10.2 Å². The first-order chi connectivity index (χ1) is 11.8. The van der Waals surface area contributed by atoms with Crippen LogP contribution in [0.15, 0.2) is 24.3 Å². The van der Waals surface area contributed by atoms with Crippen molar-refractivity contribution in [2.24, 2.45) is 0 Å². The minimum absolute atomic E-state index is 0.0563. The van der Waals surface area contributed by atoms with Crippen LogP contribution < -0.4 is 5.32 Å². The lowest BCUT2D eigenvalue weighted by Gasteiger charge is -2.41. The smallest absolute Gasteiger partial charge is 0.240 e. The van der Waals surface area contributed by atoms with E-state index in [0.717, 1.165) is 19.3 Å². The van der Waals surface area contributed by atoms with Crippen LogP contribution in [0.25, 0.3) is 0 Å². The van der Waals surface area contributed by atoms with Crippen molar-refractivity contribution < 1.29 is 14.0 Å². The number of hydrogen-bond donors (Lipinski definition) is 1.